The number of hydrogen-bond donors (Lipinski definition) is 2. The van der Waals surface area contributed by atoms with Crippen LogP contribution in [0.3, 0.4) is 0 Å². The Morgan fingerprint density at radius 3 is 2.71 bits per heavy atom. The van der Waals surface area contributed by atoms with Crippen molar-refractivity contribution in [3.05, 3.63) is 97.8 Å². The second kappa shape index (κ2) is 12.3. The van der Waals surface area contributed by atoms with E-state index in [9.17, 15) is 4.79 Å². The number of rotatable bonds is 9. The van der Waals surface area contributed by atoms with Crippen molar-refractivity contribution < 1.29 is 4.79 Å². The summed E-state index contributed by atoms with van der Waals surface area (Å²) in [5.74, 6) is 0.688. The highest BCUT2D eigenvalue weighted by Gasteiger charge is 2.16. The van der Waals surface area contributed by atoms with Crippen LogP contribution in [0.2, 0.25) is 0 Å². The standard InChI is InChI=1S/C25H22BrIN6OS/c1-17-12-20(27)10-11-22(17)28-15-23-30-32-25(33(23)21-8-3-2-4-9-21)35-16-24(34)31-29-14-18-6-5-7-19(26)13-18/h2-14,28H,15-16H2,1H3,(H,31,34). The van der Waals surface area contributed by atoms with Gasteiger partial charge in [0.15, 0.2) is 11.0 Å². The molecule has 0 fully saturated rings. The minimum atomic E-state index is -0.224. The molecule has 0 aliphatic heterocycles. The van der Waals surface area contributed by atoms with Gasteiger partial charge in [0.1, 0.15) is 0 Å². The maximum Gasteiger partial charge on any atom is 0.250 e. The molecule has 1 heterocycles. The van der Waals surface area contributed by atoms with E-state index in [-0.39, 0.29) is 11.7 Å². The van der Waals surface area contributed by atoms with Crippen molar-refractivity contribution in [3.63, 3.8) is 0 Å². The Morgan fingerprint density at radius 2 is 1.94 bits per heavy atom. The lowest BCUT2D eigenvalue weighted by Crippen LogP contribution is -2.20. The number of thioether (sulfide) groups is 1. The minimum absolute atomic E-state index is 0.157. The van der Waals surface area contributed by atoms with Crippen LogP contribution >= 0.6 is 50.3 Å². The Hall–Kier alpha value is -2.70. The van der Waals surface area contributed by atoms with Crippen molar-refractivity contribution in [3.8, 4) is 5.69 Å². The summed E-state index contributed by atoms with van der Waals surface area (Å²) < 4.78 is 4.11. The highest BCUT2D eigenvalue weighted by molar-refractivity contribution is 14.1. The number of nitrogens with one attached hydrogen (secondary N) is 2. The van der Waals surface area contributed by atoms with Crippen LogP contribution in [0.4, 0.5) is 5.69 Å². The molecule has 4 aromatic rings. The average Bonchev–Trinajstić information content (AvgIpc) is 3.25. The lowest BCUT2D eigenvalue weighted by molar-refractivity contribution is -0.118. The fourth-order valence-electron chi connectivity index (χ4n) is 3.27. The van der Waals surface area contributed by atoms with Crippen molar-refractivity contribution in [2.24, 2.45) is 5.10 Å². The summed E-state index contributed by atoms with van der Waals surface area (Å²) in [6, 6.07) is 23.8. The van der Waals surface area contributed by atoms with E-state index < -0.39 is 0 Å². The lowest BCUT2D eigenvalue weighted by Gasteiger charge is -2.12. The van der Waals surface area contributed by atoms with Crippen LogP contribution in [0.15, 0.2) is 87.5 Å². The first-order chi connectivity index (χ1) is 17.0. The predicted octanol–water partition coefficient (Wildman–Crippen LogP) is 5.80. The molecular formula is C25H22BrIN6OS. The van der Waals surface area contributed by atoms with Crippen LogP contribution in [0, 0.1) is 10.5 Å². The van der Waals surface area contributed by atoms with E-state index in [1.807, 2.05) is 59.2 Å². The zero-order valence-electron chi connectivity index (χ0n) is 18.8. The zero-order valence-corrected chi connectivity index (χ0v) is 23.3. The van der Waals surface area contributed by atoms with Gasteiger partial charge >= 0.3 is 0 Å². The molecule has 1 amide bonds. The highest BCUT2D eigenvalue weighted by Crippen LogP contribution is 2.24. The Balaban J connectivity index is 1.44. The summed E-state index contributed by atoms with van der Waals surface area (Å²) in [6.45, 7) is 2.57. The number of carbonyl (C=O) groups is 1. The number of hydrazone groups is 1. The first-order valence-electron chi connectivity index (χ1n) is 10.7. The fourth-order valence-corrected chi connectivity index (χ4v) is 5.10. The molecule has 7 nitrogen and oxygen atoms in total. The number of anilines is 1. The van der Waals surface area contributed by atoms with Crippen molar-refractivity contribution in [1.29, 1.82) is 0 Å². The van der Waals surface area contributed by atoms with Gasteiger partial charge < -0.3 is 5.32 Å². The molecule has 3 aromatic carbocycles. The zero-order chi connectivity index (χ0) is 24.6. The molecule has 0 radical (unpaired) electrons. The van der Waals surface area contributed by atoms with Crippen molar-refractivity contribution in [2.75, 3.05) is 11.1 Å². The molecule has 10 heteroatoms. The van der Waals surface area contributed by atoms with E-state index in [0.717, 1.165) is 32.8 Å². The first-order valence-corrected chi connectivity index (χ1v) is 13.6. The summed E-state index contributed by atoms with van der Waals surface area (Å²) in [6.07, 6.45) is 1.61. The summed E-state index contributed by atoms with van der Waals surface area (Å²) in [4.78, 5) is 12.4. The topological polar surface area (TPSA) is 84.2 Å². The molecule has 0 unspecified atom stereocenters. The van der Waals surface area contributed by atoms with Crippen LogP contribution in [0.1, 0.15) is 17.0 Å². The molecule has 0 aliphatic carbocycles. The number of halogens is 2. The Bertz CT molecular complexity index is 1350. The molecule has 4 rings (SSSR count). The lowest BCUT2D eigenvalue weighted by atomic mass is 10.2. The number of carbonyl (C=O) groups excluding carboxylic acids is 1. The second-order valence-corrected chi connectivity index (χ2v) is 10.6. The molecule has 0 spiro atoms. The van der Waals surface area contributed by atoms with E-state index in [4.69, 9.17) is 0 Å². The van der Waals surface area contributed by atoms with Crippen LogP contribution in [0.5, 0.6) is 0 Å². The molecule has 35 heavy (non-hydrogen) atoms. The van der Waals surface area contributed by atoms with Crippen LogP contribution < -0.4 is 10.7 Å². The number of para-hydroxylation sites is 1. The van der Waals surface area contributed by atoms with Gasteiger partial charge in [-0.1, -0.05) is 58.0 Å². The molecule has 178 valence electrons. The van der Waals surface area contributed by atoms with Crippen LogP contribution in [-0.4, -0.2) is 32.6 Å². The average molecular weight is 661 g/mol. The highest BCUT2D eigenvalue weighted by atomic mass is 127. The van der Waals surface area contributed by atoms with Gasteiger partial charge in [-0.05, 0) is 83.1 Å². The van der Waals surface area contributed by atoms with Gasteiger partial charge in [0, 0.05) is 19.4 Å². The number of amides is 1. The maximum absolute atomic E-state index is 12.4. The minimum Gasteiger partial charge on any atom is -0.378 e. The molecule has 0 bridgehead atoms. The number of hydrogen-bond acceptors (Lipinski definition) is 6. The van der Waals surface area contributed by atoms with Crippen LogP contribution in [-0.2, 0) is 11.3 Å². The van der Waals surface area contributed by atoms with Gasteiger partial charge in [-0.25, -0.2) is 5.43 Å². The fraction of sp³-hybridized carbons (Fsp3) is 0.120. The molecule has 1 aromatic heterocycles. The monoisotopic (exact) mass is 660 g/mol. The number of aryl methyl sites for hydroxylation is 1. The molecule has 0 saturated heterocycles. The van der Waals surface area contributed by atoms with Crippen molar-refractivity contribution in [1.82, 2.24) is 20.2 Å². The normalized spacial score (nSPS) is 11.1. The second-order valence-electron chi connectivity index (χ2n) is 7.52. The molecule has 0 saturated carbocycles. The summed E-state index contributed by atoms with van der Waals surface area (Å²) in [7, 11) is 0. The molecular weight excluding hydrogens is 639 g/mol. The van der Waals surface area contributed by atoms with Gasteiger partial charge in [0.25, 0.3) is 5.91 Å². The quantitative estimate of drug-likeness (QED) is 0.103. The maximum atomic E-state index is 12.4. The molecule has 0 aliphatic rings. The third kappa shape index (κ3) is 7.15. The molecule has 0 atom stereocenters. The third-order valence-corrected chi connectivity index (χ3v) is 7.02. The SMILES string of the molecule is Cc1cc(I)ccc1NCc1nnc(SCC(=O)NN=Cc2cccc(Br)c2)n1-c1ccccc1. The number of nitrogens with zero attached hydrogens (tertiary/aromatic N) is 4. The van der Waals surface area contributed by atoms with E-state index in [0.29, 0.717) is 11.7 Å². The Kier molecular flexibility index (Phi) is 8.94. The van der Waals surface area contributed by atoms with E-state index >= 15 is 0 Å². The van der Waals surface area contributed by atoms with Crippen molar-refractivity contribution >= 4 is 68.1 Å². The van der Waals surface area contributed by atoms with E-state index in [2.05, 4.69) is 89.7 Å². The Labute approximate surface area is 230 Å². The summed E-state index contributed by atoms with van der Waals surface area (Å²) in [5, 5.41) is 16.9. The number of benzene rings is 3. The predicted molar refractivity (Wildman–Crippen MR) is 153 cm³/mol. The van der Waals surface area contributed by atoms with Gasteiger partial charge in [-0.3, -0.25) is 9.36 Å². The van der Waals surface area contributed by atoms with Gasteiger partial charge in [-0.2, -0.15) is 5.10 Å². The van der Waals surface area contributed by atoms with Crippen molar-refractivity contribution in [2.45, 2.75) is 18.6 Å². The third-order valence-electron chi connectivity index (χ3n) is 4.92. The van der Waals surface area contributed by atoms with E-state index in [1.165, 1.54) is 15.3 Å². The number of aromatic nitrogens is 3. The van der Waals surface area contributed by atoms with Gasteiger partial charge in [0.2, 0.25) is 0 Å². The largest absolute Gasteiger partial charge is 0.378 e. The van der Waals surface area contributed by atoms with E-state index in [1.54, 1.807) is 6.21 Å². The summed E-state index contributed by atoms with van der Waals surface area (Å²) >= 11 is 7.04. The smallest absolute Gasteiger partial charge is 0.250 e. The van der Waals surface area contributed by atoms with Crippen LogP contribution in [0.25, 0.3) is 5.69 Å². The van der Waals surface area contributed by atoms with Gasteiger partial charge in [-0.15, -0.1) is 10.2 Å². The van der Waals surface area contributed by atoms with Gasteiger partial charge in [0.05, 0.1) is 18.5 Å². The summed E-state index contributed by atoms with van der Waals surface area (Å²) in [5.41, 5.74) is 6.60. The molecule has 2 N–H and O–H groups in total. The Morgan fingerprint density at radius 1 is 1.11 bits per heavy atom. The first kappa shape index (κ1) is 25.4.